The fourth-order valence-electron chi connectivity index (χ4n) is 4.18. The van der Waals surface area contributed by atoms with Crippen molar-refractivity contribution in [2.45, 2.75) is 37.0 Å². The van der Waals surface area contributed by atoms with Crippen molar-refractivity contribution < 1.29 is 13.2 Å². The molecule has 0 saturated heterocycles. The Balaban J connectivity index is 1.76. The number of guanidine groups is 1. The van der Waals surface area contributed by atoms with E-state index >= 15 is 0 Å². The van der Waals surface area contributed by atoms with Crippen molar-refractivity contribution in [1.29, 1.82) is 0 Å². The number of carbonyl (C=O) groups is 1. The molecule has 2 aromatic rings. The normalized spacial score (nSPS) is 24.8. The number of carbonyl (C=O) groups excluding carboxylic acids is 1. The maximum Gasteiger partial charge on any atom is 0.274 e. The van der Waals surface area contributed by atoms with Gasteiger partial charge in [-0.2, -0.15) is 0 Å². The number of sulfonamides is 1. The lowest BCUT2D eigenvalue weighted by Gasteiger charge is -2.41. The zero-order valence-electron chi connectivity index (χ0n) is 16.6. The Morgan fingerprint density at radius 2 is 2.10 bits per heavy atom. The number of rotatable bonds is 2. The van der Waals surface area contributed by atoms with Gasteiger partial charge in [0, 0.05) is 18.9 Å². The fraction of sp³-hybridized carbons (Fsp3) is 0.350. The highest BCUT2D eigenvalue weighted by Gasteiger charge is 2.51. The van der Waals surface area contributed by atoms with Crippen LogP contribution in [-0.4, -0.2) is 41.9 Å². The Kier molecular flexibility index (Phi) is 4.98. The second-order valence-electron chi connectivity index (χ2n) is 7.70. The standard InChI is InChI=1S/C20H22ClN5O3S/c1-20-15-10-14(24-18(27)16-9-7-13(21)11-23-16)8-6-12(15)4-3-5-17(20)30(28,29)26(2)19(22)25-20/h6-11,17H,3-5H2,1-2H3,(H2,22,25)(H,24,27)/t17?,20-/m1/s1. The first-order chi connectivity index (χ1) is 14.1. The van der Waals surface area contributed by atoms with Gasteiger partial charge in [-0.05, 0) is 61.6 Å². The van der Waals surface area contributed by atoms with Crippen LogP contribution >= 0.6 is 11.6 Å². The van der Waals surface area contributed by atoms with Crippen LogP contribution in [0.25, 0.3) is 0 Å². The molecule has 0 bridgehead atoms. The largest absolute Gasteiger partial charge is 0.369 e. The summed E-state index contributed by atoms with van der Waals surface area (Å²) in [4.78, 5) is 21.2. The minimum absolute atomic E-state index is 0.0404. The molecule has 10 heteroatoms. The second kappa shape index (κ2) is 7.24. The van der Waals surface area contributed by atoms with Gasteiger partial charge in [-0.1, -0.05) is 17.7 Å². The average molecular weight is 448 g/mol. The summed E-state index contributed by atoms with van der Waals surface area (Å²) in [5.74, 6) is -0.428. The zero-order chi connectivity index (χ0) is 21.7. The van der Waals surface area contributed by atoms with Gasteiger partial charge in [0.05, 0.1) is 5.02 Å². The van der Waals surface area contributed by atoms with Crippen LogP contribution in [0.5, 0.6) is 0 Å². The number of benzene rings is 1. The highest BCUT2D eigenvalue weighted by Crippen LogP contribution is 2.44. The molecule has 2 atom stereocenters. The van der Waals surface area contributed by atoms with E-state index in [4.69, 9.17) is 17.3 Å². The van der Waals surface area contributed by atoms with E-state index in [0.717, 1.165) is 28.3 Å². The molecule has 4 rings (SSSR count). The molecule has 1 aromatic carbocycles. The van der Waals surface area contributed by atoms with E-state index in [1.54, 1.807) is 25.1 Å². The molecule has 0 fully saturated rings. The van der Waals surface area contributed by atoms with Crippen LogP contribution in [0.2, 0.25) is 5.02 Å². The van der Waals surface area contributed by atoms with Crippen LogP contribution in [0, 0.1) is 0 Å². The SMILES string of the molecule is CN1C(N)=N[C@]2(C)c3cc(NC(=O)c4ccc(Cl)cn4)ccc3CCCC2S1(=O)=O. The molecule has 2 heterocycles. The molecule has 1 aliphatic heterocycles. The molecular weight excluding hydrogens is 426 g/mol. The summed E-state index contributed by atoms with van der Waals surface area (Å²) in [6.45, 7) is 1.80. The molecular formula is C20H22ClN5O3S. The first-order valence-corrected chi connectivity index (χ1v) is 11.4. The molecule has 0 spiro atoms. The van der Waals surface area contributed by atoms with Crippen molar-refractivity contribution in [3.63, 3.8) is 0 Å². The number of aryl methyl sites for hydroxylation is 1. The van der Waals surface area contributed by atoms with Crippen LogP contribution < -0.4 is 11.1 Å². The highest BCUT2D eigenvalue weighted by molar-refractivity contribution is 7.90. The maximum atomic E-state index is 13.1. The van der Waals surface area contributed by atoms with Crippen LogP contribution in [0.4, 0.5) is 5.69 Å². The van der Waals surface area contributed by atoms with Gasteiger partial charge >= 0.3 is 0 Å². The van der Waals surface area contributed by atoms with Crippen LogP contribution in [0.1, 0.15) is 41.4 Å². The van der Waals surface area contributed by atoms with Gasteiger partial charge in [-0.3, -0.25) is 4.79 Å². The van der Waals surface area contributed by atoms with Crippen molar-refractivity contribution >= 4 is 39.2 Å². The number of nitrogens with one attached hydrogen (secondary N) is 1. The van der Waals surface area contributed by atoms with Crippen molar-refractivity contribution in [3.8, 4) is 0 Å². The summed E-state index contributed by atoms with van der Waals surface area (Å²) in [6.07, 6.45) is 3.32. The number of aliphatic imine (C=N–C) groups is 1. The molecule has 0 saturated carbocycles. The molecule has 1 unspecified atom stereocenters. The number of aromatic nitrogens is 1. The third kappa shape index (κ3) is 3.31. The van der Waals surface area contributed by atoms with Gasteiger partial charge in [0.15, 0.2) is 0 Å². The van der Waals surface area contributed by atoms with Gasteiger partial charge in [0.2, 0.25) is 16.0 Å². The monoisotopic (exact) mass is 447 g/mol. The van der Waals surface area contributed by atoms with Gasteiger partial charge in [-0.25, -0.2) is 22.7 Å². The highest BCUT2D eigenvalue weighted by atomic mass is 35.5. The molecule has 3 N–H and O–H groups in total. The van der Waals surface area contributed by atoms with Gasteiger partial charge in [0.25, 0.3) is 5.91 Å². The lowest BCUT2D eigenvalue weighted by molar-refractivity contribution is 0.102. The predicted octanol–water partition coefficient (Wildman–Crippen LogP) is 2.50. The van der Waals surface area contributed by atoms with E-state index < -0.39 is 20.8 Å². The topological polar surface area (TPSA) is 118 Å². The van der Waals surface area contributed by atoms with E-state index in [1.807, 2.05) is 6.07 Å². The molecule has 158 valence electrons. The zero-order valence-corrected chi connectivity index (χ0v) is 18.2. The summed E-state index contributed by atoms with van der Waals surface area (Å²) in [5.41, 5.74) is 7.44. The lowest BCUT2D eigenvalue weighted by Crippen LogP contribution is -2.56. The lowest BCUT2D eigenvalue weighted by atomic mass is 9.86. The summed E-state index contributed by atoms with van der Waals surface area (Å²) in [6, 6.07) is 8.62. The average Bonchev–Trinajstić information content (AvgIpc) is 2.84. The van der Waals surface area contributed by atoms with Crippen molar-refractivity contribution in [3.05, 3.63) is 58.4 Å². The number of hydrogen-bond donors (Lipinski definition) is 2. The Bertz CT molecular complexity index is 1150. The van der Waals surface area contributed by atoms with Crippen molar-refractivity contribution in [2.24, 2.45) is 10.7 Å². The quantitative estimate of drug-likeness (QED) is 0.733. The molecule has 0 radical (unpaired) electrons. The van der Waals surface area contributed by atoms with E-state index in [9.17, 15) is 13.2 Å². The summed E-state index contributed by atoms with van der Waals surface area (Å²) >= 11 is 5.83. The van der Waals surface area contributed by atoms with Crippen LogP contribution in [0.3, 0.4) is 0 Å². The number of amides is 1. The summed E-state index contributed by atoms with van der Waals surface area (Å²) < 4.78 is 27.2. The van der Waals surface area contributed by atoms with Gasteiger partial charge in [0.1, 0.15) is 16.5 Å². The minimum Gasteiger partial charge on any atom is -0.369 e. The molecule has 1 aromatic heterocycles. The summed E-state index contributed by atoms with van der Waals surface area (Å²) in [5, 5.41) is 2.53. The van der Waals surface area contributed by atoms with Gasteiger partial charge in [-0.15, -0.1) is 0 Å². The van der Waals surface area contributed by atoms with Crippen molar-refractivity contribution in [1.82, 2.24) is 9.29 Å². The number of anilines is 1. The molecule has 8 nitrogen and oxygen atoms in total. The fourth-order valence-corrected chi connectivity index (χ4v) is 6.20. The number of hydrogen-bond acceptors (Lipinski definition) is 6. The van der Waals surface area contributed by atoms with Crippen LogP contribution in [0.15, 0.2) is 41.5 Å². The van der Waals surface area contributed by atoms with Crippen molar-refractivity contribution in [2.75, 3.05) is 12.4 Å². The number of nitrogens with zero attached hydrogens (tertiary/aromatic N) is 3. The van der Waals surface area contributed by atoms with Gasteiger partial charge < -0.3 is 11.1 Å². The molecule has 2 aliphatic rings. The Hall–Kier alpha value is -2.65. The Labute approximate surface area is 180 Å². The Morgan fingerprint density at radius 3 is 2.80 bits per heavy atom. The van der Waals surface area contributed by atoms with Crippen LogP contribution in [-0.2, 0) is 22.0 Å². The first kappa shape index (κ1) is 20.6. The molecule has 1 amide bonds. The van der Waals surface area contributed by atoms with E-state index in [0.29, 0.717) is 17.1 Å². The number of halogens is 1. The third-order valence-corrected chi connectivity index (χ3v) is 8.41. The smallest absolute Gasteiger partial charge is 0.274 e. The molecule has 30 heavy (non-hydrogen) atoms. The van der Waals surface area contributed by atoms with E-state index in [-0.39, 0.29) is 17.6 Å². The number of nitrogens with two attached hydrogens (primary N) is 1. The summed E-state index contributed by atoms with van der Waals surface area (Å²) in [7, 11) is -2.23. The number of fused-ring (bicyclic) bond motifs is 3. The van der Waals surface area contributed by atoms with E-state index in [2.05, 4.69) is 15.3 Å². The third-order valence-electron chi connectivity index (χ3n) is 5.82. The first-order valence-electron chi connectivity index (χ1n) is 9.52. The Morgan fingerprint density at radius 1 is 1.33 bits per heavy atom. The molecule has 1 aliphatic carbocycles. The van der Waals surface area contributed by atoms with E-state index in [1.165, 1.54) is 19.3 Å². The predicted molar refractivity (Wildman–Crippen MR) is 116 cm³/mol. The maximum absolute atomic E-state index is 13.1. The number of pyridine rings is 1. The second-order valence-corrected chi connectivity index (χ2v) is 10.3. The minimum atomic E-state index is -3.65.